The van der Waals surface area contributed by atoms with Gasteiger partial charge in [-0.25, -0.2) is 5.43 Å². The number of rotatable bonds is 5. The summed E-state index contributed by atoms with van der Waals surface area (Å²) in [6.07, 6.45) is 2.70. The molecule has 5 nitrogen and oxygen atoms in total. The van der Waals surface area contributed by atoms with Crippen LogP contribution in [0.5, 0.6) is 0 Å². The van der Waals surface area contributed by atoms with E-state index in [-0.39, 0.29) is 11.4 Å². The minimum atomic E-state index is -0.262. The van der Waals surface area contributed by atoms with Crippen LogP contribution in [-0.4, -0.2) is 28.8 Å². The second-order valence-corrected chi connectivity index (χ2v) is 10.2. The van der Waals surface area contributed by atoms with Gasteiger partial charge in [0.1, 0.15) is 0 Å². The third-order valence-corrected chi connectivity index (χ3v) is 7.16. The molecule has 1 amide bonds. The van der Waals surface area contributed by atoms with Crippen LogP contribution in [0, 0.1) is 13.8 Å². The molecule has 1 aliphatic heterocycles. The van der Waals surface area contributed by atoms with Crippen LogP contribution in [0.4, 0.5) is 5.69 Å². The Balaban J connectivity index is 1.54. The number of benzene rings is 2. The first-order valence-electron chi connectivity index (χ1n) is 11.8. The van der Waals surface area contributed by atoms with Crippen molar-refractivity contribution in [2.75, 3.05) is 11.4 Å². The highest BCUT2D eigenvalue weighted by Gasteiger charge is 2.35. The van der Waals surface area contributed by atoms with E-state index < -0.39 is 0 Å². The number of nitrogens with zero attached hydrogens (tertiary/aromatic N) is 3. The molecule has 0 aliphatic carbocycles. The number of amides is 1. The maximum atomic E-state index is 12.8. The summed E-state index contributed by atoms with van der Waals surface area (Å²) < 4.78 is 2.12. The van der Waals surface area contributed by atoms with Crippen LogP contribution in [0.2, 0.25) is 5.02 Å². The number of anilines is 1. The standard InChI is InChI=1S/C28H33ClN4O/c1-7-32-26-15-25(29)22(14-24(26)18(2)16-28(32,5)6)17-30-31-27(34)21-9-8-10-23(13-21)33-19(3)11-12-20(33)4/h8-15,17-18H,7,16H2,1-6H3,(H,31,34)/b30-17-. The van der Waals surface area contributed by atoms with Crippen molar-refractivity contribution in [2.24, 2.45) is 5.10 Å². The summed E-state index contributed by atoms with van der Waals surface area (Å²) in [5.74, 6) is 0.150. The topological polar surface area (TPSA) is 49.6 Å². The molecule has 3 aromatic rings. The lowest BCUT2D eigenvalue weighted by molar-refractivity contribution is 0.0955. The van der Waals surface area contributed by atoms with Gasteiger partial charge >= 0.3 is 0 Å². The first kappa shape index (κ1) is 24.1. The van der Waals surface area contributed by atoms with E-state index in [1.165, 1.54) is 11.3 Å². The summed E-state index contributed by atoms with van der Waals surface area (Å²) in [7, 11) is 0. The predicted molar refractivity (Wildman–Crippen MR) is 142 cm³/mol. The van der Waals surface area contributed by atoms with Crippen LogP contribution in [-0.2, 0) is 0 Å². The summed E-state index contributed by atoms with van der Waals surface area (Å²) in [5, 5.41) is 4.84. The molecule has 1 unspecified atom stereocenters. The molecule has 34 heavy (non-hydrogen) atoms. The maximum absolute atomic E-state index is 12.8. The fraction of sp³-hybridized carbons (Fsp3) is 0.357. The Morgan fingerprint density at radius 3 is 2.56 bits per heavy atom. The monoisotopic (exact) mass is 476 g/mol. The summed E-state index contributed by atoms with van der Waals surface area (Å²) in [5.41, 5.74) is 9.73. The van der Waals surface area contributed by atoms with Gasteiger partial charge in [-0.3, -0.25) is 4.79 Å². The quantitative estimate of drug-likeness (QED) is 0.332. The van der Waals surface area contributed by atoms with E-state index in [0.717, 1.165) is 35.6 Å². The molecule has 1 N–H and O–H groups in total. The fourth-order valence-corrected chi connectivity index (χ4v) is 5.51. The maximum Gasteiger partial charge on any atom is 0.271 e. The van der Waals surface area contributed by atoms with Crippen molar-refractivity contribution < 1.29 is 4.79 Å². The van der Waals surface area contributed by atoms with Crippen LogP contribution in [0.3, 0.4) is 0 Å². The molecule has 0 radical (unpaired) electrons. The van der Waals surface area contributed by atoms with Crippen LogP contribution in [0.25, 0.3) is 5.69 Å². The molecule has 0 saturated carbocycles. The molecule has 0 fully saturated rings. The van der Waals surface area contributed by atoms with Gasteiger partial charge in [-0.15, -0.1) is 0 Å². The number of aryl methyl sites for hydroxylation is 2. The highest BCUT2D eigenvalue weighted by Crippen LogP contribution is 2.44. The van der Waals surface area contributed by atoms with E-state index in [0.29, 0.717) is 16.5 Å². The van der Waals surface area contributed by atoms with Gasteiger partial charge in [-0.05, 0) is 95.0 Å². The minimum Gasteiger partial charge on any atom is -0.366 e. The van der Waals surface area contributed by atoms with Crippen LogP contribution >= 0.6 is 11.6 Å². The lowest BCUT2D eigenvalue weighted by Crippen LogP contribution is -2.48. The summed E-state index contributed by atoms with van der Waals surface area (Å²) in [6.45, 7) is 14.0. The molecule has 2 aromatic carbocycles. The zero-order chi connectivity index (χ0) is 24.6. The Morgan fingerprint density at radius 1 is 1.18 bits per heavy atom. The lowest BCUT2D eigenvalue weighted by atomic mass is 9.79. The Labute approximate surface area is 207 Å². The third kappa shape index (κ3) is 4.49. The molecule has 0 spiro atoms. The average molecular weight is 477 g/mol. The smallest absolute Gasteiger partial charge is 0.271 e. The van der Waals surface area contributed by atoms with Crippen molar-refractivity contribution in [3.8, 4) is 5.69 Å². The first-order chi connectivity index (χ1) is 16.1. The summed E-state index contributed by atoms with van der Waals surface area (Å²) in [6, 6.07) is 15.8. The molecule has 178 valence electrons. The number of carbonyl (C=O) groups excluding carboxylic acids is 1. The van der Waals surface area contributed by atoms with Gasteiger partial charge < -0.3 is 9.47 Å². The normalized spacial score (nSPS) is 17.1. The van der Waals surface area contributed by atoms with Crippen molar-refractivity contribution >= 4 is 29.4 Å². The van der Waals surface area contributed by atoms with Crippen LogP contribution in [0.15, 0.2) is 53.6 Å². The molecule has 0 saturated heterocycles. The minimum absolute atomic E-state index is 0.0837. The van der Waals surface area contributed by atoms with E-state index in [2.05, 4.69) is 65.9 Å². The second kappa shape index (κ2) is 9.30. The van der Waals surface area contributed by atoms with Crippen LogP contribution in [0.1, 0.15) is 72.9 Å². The number of aromatic nitrogens is 1. The second-order valence-electron chi connectivity index (χ2n) is 9.80. The van der Waals surface area contributed by atoms with Gasteiger partial charge in [0.05, 0.1) is 11.2 Å². The Morgan fingerprint density at radius 2 is 1.88 bits per heavy atom. The number of hydrogen-bond acceptors (Lipinski definition) is 3. The first-order valence-corrected chi connectivity index (χ1v) is 12.2. The molecule has 1 aromatic heterocycles. The number of carbonyl (C=O) groups is 1. The van der Waals surface area contributed by atoms with E-state index >= 15 is 0 Å². The summed E-state index contributed by atoms with van der Waals surface area (Å²) in [4.78, 5) is 15.2. The number of halogens is 1. The van der Waals surface area contributed by atoms with Gasteiger partial charge in [-0.1, -0.05) is 24.6 Å². The molecule has 1 aliphatic rings. The largest absolute Gasteiger partial charge is 0.366 e. The molecule has 4 rings (SSSR count). The molecule has 2 heterocycles. The number of nitrogens with one attached hydrogen (secondary N) is 1. The SMILES string of the molecule is CCN1c2cc(Cl)c(/C=N\NC(=O)c3cccc(-n4c(C)ccc4C)c3)cc2C(C)CC1(C)C. The van der Waals surface area contributed by atoms with E-state index in [9.17, 15) is 4.79 Å². The Hall–Kier alpha value is -3.05. The van der Waals surface area contributed by atoms with E-state index in [4.69, 9.17) is 11.6 Å². The zero-order valence-electron chi connectivity index (χ0n) is 20.8. The van der Waals surface area contributed by atoms with Gasteiger partial charge in [0, 0.05) is 46.0 Å². The van der Waals surface area contributed by atoms with Gasteiger partial charge in [-0.2, -0.15) is 5.10 Å². The molecular weight excluding hydrogens is 444 g/mol. The average Bonchev–Trinajstić information content (AvgIpc) is 3.12. The van der Waals surface area contributed by atoms with E-state index in [1.54, 1.807) is 12.3 Å². The highest BCUT2D eigenvalue weighted by molar-refractivity contribution is 6.33. The fourth-order valence-electron chi connectivity index (χ4n) is 5.31. The van der Waals surface area contributed by atoms with Gasteiger partial charge in [0.15, 0.2) is 0 Å². The molecule has 0 bridgehead atoms. The van der Waals surface area contributed by atoms with Crippen molar-refractivity contribution in [3.05, 3.63) is 81.6 Å². The Kier molecular flexibility index (Phi) is 6.59. The lowest BCUT2D eigenvalue weighted by Gasteiger charge is -2.47. The van der Waals surface area contributed by atoms with Crippen molar-refractivity contribution in [3.63, 3.8) is 0 Å². The molecular formula is C28H33ClN4O. The van der Waals surface area contributed by atoms with Crippen molar-refractivity contribution in [2.45, 2.75) is 59.4 Å². The third-order valence-electron chi connectivity index (χ3n) is 6.83. The predicted octanol–water partition coefficient (Wildman–Crippen LogP) is 6.62. The number of hydrazone groups is 1. The molecule has 6 heteroatoms. The number of hydrogen-bond donors (Lipinski definition) is 1. The van der Waals surface area contributed by atoms with Crippen molar-refractivity contribution in [1.82, 2.24) is 9.99 Å². The van der Waals surface area contributed by atoms with Gasteiger partial charge in [0.25, 0.3) is 5.91 Å². The van der Waals surface area contributed by atoms with Gasteiger partial charge in [0.2, 0.25) is 0 Å². The van der Waals surface area contributed by atoms with Crippen LogP contribution < -0.4 is 10.3 Å². The summed E-state index contributed by atoms with van der Waals surface area (Å²) >= 11 is 6.63. The Bertz CT molecular complexity index is 1240. The molecule has 1 atom stereocenters. The highest BCUT2D eigenvalue weighted by atomic mass is 35.5. The number of fused-ring (bicyclic) bond motifs is 1. The zero-order valence-corrected chi connectivity index (χ0v) is 21.6. The van der Waals surface area contributed by atoms with Crippen molar-refractivity contribution in [1.29, 1.82) is 0 Å². The van der Waals surface area contributed by atoms with E-state index in [1.807, 2.05) is 38.1 Å².